The van der Waals surface area contributed by atoms with E-state index in [0.717, 1.165) is 0 Å². The maximum absolute atomic E-state index is 12.1. The zero-order chi connectivity index (χ0) is 17.8. The van der Waals surface area contributed by atoms with Crippen LogP contribution in [0.3, 0.4) is 0 Å². The minimum absolute atomic E-state index is 0.103. The van der Waals surface area contributed by atoms with E-state index in [0.29, 0.717) is 0 Å². The Hall–Kier alpha value is -1.56. The molecule has 0 aliphatic heterocycles. The van der Waals surface area contributed by atoms with E-state index in [4.69, 9.17) is 9.47 Å². The predicted molar refractivity (Wildman–Crippen MR) is 91.9 cm³/mol. The fourth-order valence-corrected chi connectivity index (χ4v) is 2.88. The van der Waals surface area contributed by atoms with E-state index >= 15 is 0 Å². The second-order valence-electron chi connectivity index (χ2n) is 6.75. The number of ether oxygens (including phenoxy) is 2. The van der Waals surface area contributed by atoms with Gasteiger partial charge in [0.15, 0.2) is 0 Å². The second-order valence-corrected chi connectivity index (χ2v) is 8.07. The van der Waals surface area contributed by atoms with E-state index in [1.807, 2.05) is 20.8 Å². The van der Waals surface area contributed by atoms with Gasteiger partial charge < -0.3 is 14.8 Å². The standard InChI is InChI=1S/C17H27NO4S/c1-10-8-9-14(23-10)11(2)13(4)21-15(19)12(3)18-16(20)22-17(5,6)7/h8-9,11-13H,1-7H3,(H,18,20)/t11-,12+,13+/m1/s1. The molecule has 1 N–H and O–H groups in total. The molecule has 3 atom stereocenters. The molecule has 130 valence electrons. The summed E-state index contributed by atoms with van der Waals surface area (Å²) in [5.41, 5.74) is -0.605. The van der Waals surface area contributed by atoms with Gasteiger partial charge in [-0.25, -0.2) is 9.59 Å². The number of esters is 1. The number of rotatable bonds is 5. The van der Waals surface area contributed by atoms with Crippen LogP contribution in [0.5, 0.6) is 0 Å². The number of aryl methyl sites for hydroxylation is 1. The molecular weight excluding hydrogens is 314 g/mol. The zero-order valence-electron chi connectivity index (χ0n) is 14.9. The van der Waals surface area contributed by atoms with Crippen LogP contribution < -0.4 is 5.32 Å². The molecule has 0 spiro atoms. The highest BCUT2D eigenvalue weighted by Gasteiger charge is 2.25. The average Bonchev–Trinajstić information content (AvgIpc) is 2.81. The van der Waals surface area contributed by atoms with Gasteiger partial charge in [0.05, 0.1) is 0 Å². The van der Waals surface area contributed by atoms with Crippen LogP contribution in [-0.4, -0.2) is 29.8 Å². The lowest BCUT2D eigenvalue weighted by Gasteiger charge is -2.24. The van der Waals surface area contributed by atoms with Gasteiger partial charge in [0.25, 0.3) is 0 Å². The van der Waals surface area contributed by atoms with Gasteiger partial charge in [0.2, 0.25) is 0 Å². The monoisotopic (exact) mass is 341 g/mol. The largest absolute Gasteiger partial charge is 0.460 e. The number of amides is 1. The molecule has 6 heteroatoms. The molecule has 1 aromatic heterocycles. The molecule has 0 radical (unpaired) electrons. The first-order valence-corrected chi connectivity index (χ1v) is 8.57. The first kappa shape index (κ1) is 19.5. The van der Waals surface area contributed by atoms with Crippen molar-refractivity contribution in [1.82, 2.24) is 5.32 Å². The highest BCUT2D eigenvalue weighted by molar-refractivity contribution is 7.12. The lowest BCUT2D eigenvalue weighted by molar-refractivity contribution is -0.151. The van der Waals surface area contributed by atoms with E-state index < -0.39 is 23.7 Å². The van der Waals surface area contributed by atoms with E-state index in [1.165, 1.54) is 9.75 Å². The number of thiophene rings is 1. The third kappa shape index (κ3) is 6.60. The average molecular weight is 341 g/mol. The number of carbonyl (C=O) groups excluding carboxylic acids is 2. The molecule has 0 aliphatic rings. The Balaban J connectivity index is 2.52. The van der Waals surface area contributed by atoms with Crippen LogP contribution in [0.25, 0.3) is 0 Å². The molecule has 1 heterocycles. The van der Waals surface area contributed by atoms with Gasteiger partial charge in [0, 0.05) is 15.7 Å². The molecular formula is C17H27NO4S. The van der Waals surface area contributed by atoms with Crippen molar-refractivity contribution in [3.05, 3.63) is 21.9 Å². The zero-order valence-corrected chi connectivity index (χ0v) is 15.7. The SMILES string of the molecule is Cc1ccc([C@H](C)[C@H](C)OC(=O)[C@H](C)NC(=O)OC(C)(C)C)s1. The van der Waals surface area contributed by atoms with Crippen LogP contribution in [0.1, 0.15) is 57.2 Å². The van der Waals surface area contributed by atoms with Crippen molar-refractivity contribution in [2.75, 3.05) is 0 Å². The summed E-state index contributed by atoms with van der Waals surface area (Å²) in [4.78, 5) is 26.2. The summed E-state index contributed by atoms with van der Waals surface area (Å²) >= 11 is 1.70. The van der Waals surface area contributed by atoms with Crippen molar-refractivity contribution in [2.45, 2.75) is 72.1 Å². The highest BCUT2D eigenvalue weighted by Crippen LogP contribution is 2.28. The number of carbonyl (C=O) groups is 2. The smallest absolute Gasteiger partial charge is 0.408 e. The molecule has 1 rings (SSSR count). The van der Waals surface area contributed by atoms with Gasteiger partial charge in [-0.15, -0.1) is 11.3 Å². The molecule has 0 aromatic carbocycles. The van der Waals surface area contributed by atoms with E-state index in [9.17, 15) is 9.59 Å². The third-order valence-electron chi connectivity index (χ3n) is 3.30. The summed E-state index contributed by atoms with van der Waals surface area (Å²) in [6, 6.07) is 3.35. The van der Waals surface area contributed by atoms with Crippen molar-refractivity contribution in [3.63, 3.8) is 0 Å². The second kappa shape index (κ2) is 7.81. The van der Waals surface area contributed by atoms with Crippen LogP contribution >= 0.6 is 11.3 Å². The molecule has 0 unspecified atom stereocenters. The maximum Gasteiger partial charge on any atom is 0.408 e. The number of nitrogens with one attached hydrogen (secondary N) is 1. The number of hydrogen-bond donors (Lipinski definition) is 1. The van der Waals surface area contributed by atoms with Gasteiger partial charge in [-0.1, -0.05) is 6.92 Å². The molecule has 0 saturated carbocycles. The molecule has 0 saturated heterocycles. The van der Waals surface area contributed by atoms with Crippen molar-refractivity contribution in [1.29, 1.82) is 0 Å². The summed E-state index contributed by atoms with van der Waals surface area (Å²) < 4.78 is 10.6. The molecule has 0 aliphatic carbocycles. The molecule has 1 amide bonds. The van der Waals surface area contributed by atoms with Crippen LogP contribution in [0.2, 0.25) is 0 Å². The summed E-state index contributed by atoms with van der Waals surface area (Å²) in [5, 5.41) is 2.49. The Morgan fingerprint density at radius 1 is 1.17 bits per heavy atom. The summed E-state index contributed by atoms with van der Waals surface area (Å²) in [7, 11) is 0. The Morgan fingerprint density at radius 3 is 2.26 bits per heavy atom. The Labute approximate surface area is 142 Å². The number of hydrogen-bond acceptors (Lipinski definition) is 5. The quantitative estimate of drug-likeness (QED) is 0.822. The lowest BCUT2D eigenvalue weighted by atomic mass is 10.0. The van der Waals surface area contributed by atoms with Crippen LogP contribution in [0, 0.1) is 6.92 Å². The summed E-state index contributed by atoms with van der Waals surface area (Å²) in [6.07, 6.45) is -0.903. The van der Waals surface area contributed by atoms with Crippen molar-refractivity contribution in [2.24, 2.45) is 0 Å². The van der Waals surface area contributed by atoms with Gasteiger partial charge >= 0.3 is 12.1 Å². The van der Waals surface area contributed by atoms with E-state index in [-0.39, 0.29) is 12.0 Å². The van der Waals surface area contributed by atoms with Gasteiger partial charge in [-0.05, 0) is 53.7 Å². The molecule has 23 heavy (non-hydrogen) atoms. The van der Waals surface area contributed by atoms with E-state index in [2.05, 4.69) is 17.4 Å². The fourth-order valence-electron chi connectivity index (χ4n) is 1.86. The Kier molecular flexibility index (Phi) is 6.62. The first-order chi connectivity index (χ1) is 10.5. The maximum atomic E-state index is 12.1. The van der Waals surface area contributed by atoms with Crippen LogP contribution in [0.15, 0.2) is 12.1 Å². The first-order valence-electron chi connectivity index (χ1n) is 7.76. The van der Waals surface area contributed by atoms with Gasteiger partial charge in [0.1, 0.15) is 17.7 Å². The Morgan fingerprint density at radius 2 is 1.78 bits per heavy atom. The molecule has 1 aromatic rings. The van der Waals surface area contributed by atoms with Crippen molar-refractivity contribution >= 4 is 23.4 Å². The minimum Gasteiger partial charge on any atom is -0.460 e. The van der Waals surface area contributed by atoms with Crippen molar-refractivity contribution < 1.29 is 19.1 Å². The lowest BCUT2D eigenvalue weighted by Crippen LogP contribution is -2.43. The van der Waals surface area contributed by atoms with Gasteiger partial charge in [-0.2, -0.15) is 0 Å². The van der Waals surface area contributed by atoms with E-state index in [1.54, 1.807) is 39.0 Å². The predicted octanol–water partition coefficient (Wildman–Crippen LogP) is 4.00. The molecule has 0 bridgehead atoms. The third-order valence-corrected chi connectivity index (χ3v) is 4.50. The van der Waals surface area contributed by atoms with Crippen LogP contribution in [-0.2, 0) is 14.3 Å². The highest BCUT2D eigenvalue weighted by atomic mass is 32.1. The summed E-state index contributed by atoms with van der Waals surface area (Å²) in [6.45, 7) is 12.8. The number of alkyl carbamates (subject to hydrolysis) is 1. The topological polar surface area (TPSA) is 64.6 Å². The molecule has 5 nitrogen and oxygen atoms in total. The summed E-state index contributed by atoms with van der Waals surface area (Å²) in [5.74, 6) is -0.366. The molecule has 0 fully saturated rings. The van der Waals surface area contributed by atoms with Crippen molar-refractivity contribution in [3.8, 4) is 0 Å². The Bertz CT molecular complexity index is 547. The van der Waals surface area contributed by atoms with Gasteiger partial charge in [-0.3, -0.25) is 0 Å². The van der Waals surface area contributed by atoms with Crippen LogP contribution in [0.4, 0.5) is 4.79 Å². The normalized spacial score (nSPS) is 15.4. The minimum atomic E-state index is -0.760. The fraction of sp³-hybridized carbons (Fsp3) is 0.647.